The van der Waals surface area contributed by atoms with Gasteiger partial charge in [0.1, 0.15) is 10.3 Å². The van der Waals surface area contributed by atoms with Gasteiger partial charge in [0.2, 0.25) is 0 Å². The summed E-state index contributed by atoms with van der Waals surface area (Å²) in [6.07, 6.45) is 5.63. The number of hydrogen-bond acceptors (Lipinski definition) is 8. The molecule has 0 aliphatic rings. The van der Waals surface area contributed by atoms with Gasteiger partial charge < -0.3 is 10.6 Å². The van der Waals surface area contributed by atoms with Crippen molar-refractivity contribution in [2.24, 2.45) is 0 Å². The lowest BCUT2D eigenvalue weighted by Gasteiger charge is -2.14. The Bertz CT molecular complexity index is 967. The molecule has 2 heterocycles. The van der Waals surface area contributed by atoms with Crippen LogP contribution in [0.15, 0.2) is 60.5 Å². The standard InChI is InChI=1S/C11H14ClN3O2.C10H12ClN3O2.2CH4/c1-3-13-10(7-15(16)17)8(2)9-4-5-11(12)14-6-9;1-2-12-9(7-14(15)16)5-8-3-4-10(11)13-6-8;;/h4-8,13H,3H2,1-2H3;3-4,6-7,12H,2,5H2,1H3;2*1H4/b10-7-;9-7-;;. The molecule has 0 radical (unpaired) electrons. The van der Waals surface area contributed by atoms with Crippen molar-refractivity contribution in [2.45, 2.75) is 48.0 Å². The van der Waals surface area contributed by atoms with Crippen LogP contribution in [0.1, 0.15) is 52.7 Å². The number of aromatic nitrogens is 2. The van der Waals surface area contributed by atoms with E-state index in [0.29, 0.717) is 41.2 Å². The number of hydrogen-bond donors (Lipinski definition) is 2. The van der Waals surface area contributed by atoms with Crippen molar-refractivity contribution >= 4 is 23.2 Å². The van der Waals surface area contributed by atoms with Crippen LogP contribution in [0.3, 0.4) is 0 Å². The highest BCUT2D eigenvalue weighted by Gasteiger charge is 2.14. The fourth-order valence-electron chi connectivity index (χ4n) is 2.69. The zero-order chi connectivity index (χ0) is 24.8. The molecule has 0 aliphatic heterocycles. The van der Waals surface area contributed by atoms with E-state index in [1.165, 1.54) is 0 Å². The Morgan fingerprint density at radius 1 is 0.943 bits per heavy atom. The number of halogens is 2. The average molecular weight is 529 g/mol. The molecule has 0 saturated carbocycles. The van der Waals surface area contributed by atoms with Gasteiger partial charge in [-0.2, -0.15) is 0 Å². The molecule has 35 heavy (non-hydrogen) atoms. The Hall–Kier alpha value is -3.24. The second-order valence-corrected chi connectivity index (χ2v) is 7.45. The molecule has 0 fully saturated rings. The van der Waals surface area contributed by atoms with E-state index in [9.17, 15) is 20.2 Å². The maximum absolute atomic E-state index is 10.5. The smallest absolute Gasteiger partial charge is 0.253 e. The number of nitro groups is 2. The molecule has 0 saturated heterocycles. The third-order valence-corrected chi connectivity index (χ3v) is 4.64. The fraction of sp³-hybridized carbons (Fsp3) is 0.391. The van der Waals surface area contributed by atoms with Gasteiger partial charge in [-0.15, -0.1) is 0 Å². The maximum Gasteiger partial charge on any atom is 0.253 e. The van der Waals surface area contributed by atoms with Crippen LogP contribution in [0, 0.1) is 20.2 Å². The van der Waals surface area contributed by atoms with Gasteiger partial charge in [0.15, 0.2) is 0 Å². The number of nitrogens with zero attached hydrogens (tertiary/aromatic N) is 4. The van der Waals surface area contributed by atoms with Crippen LogP contribution in [0.4, 0.5) is 0 Å². The lowest BCUT2D eigenvalue weighted by Crippen LogP contribution is -2.18. The summed E-state index contributed by atoms with van der Waals surface area (Å²) in [6, 6.07) is 6.93. The van der Waals surface area contributed by atoms with Crippen LogP contribution in [0.5, 0.6) is 0 Å². The Morgan fingerprint density at radius 3 is 1.91 bits per heavy atom. The predicted molar refractivity (Wildman–Crippen MR) is 142 cm³/mol. The molecule has 0 aliphatic carbocycles. The molecule has 2 N–H and O–H groups in total. The van der Waals surface area contributed by atoms with E-state index in [2.05, 4.69) is 20.6 Å². The molecule has 0 aromatic carbocycles. The van der Waals surface area contributed by atoms with E-state index in [1.807, 2.05) is 26.8 Å². The minimum atomic E-state index is -0.471. The highest BCUT2D eigenvalue weighted by molar-refractivity contribution is 6.29. The molecule has 12 heteroatoms. The number of nitrogens with one attached hydrogen (secondary N) is 2. The van der Waals surface area contributed by atoms with E-state index in [0.717, 1.165) is 23.5 Å². The van der Waals surface area contributed by atoms with Crippen molar-refractivity contribution in [3.63, 3.8) is 0 Å². The topological polar surface area (TPSA) is 136 Å². The first-order chi connectivity index (χ1) is 15.7. The van der Waals surface area contributed by atoms with Crippen molar-refractivity contribution in [2.75, 3.05) is 13.1 Å². The van der Waals surface area contributed by atoms with Crippen molar-refractivity contribution in [1.29, 1.82) is 0 Å². The second kappa shape index (κ2) is 18.1. The molecule has 0 bridgehead atoms. The van der Waals surface area contributed by atoms with Gasteiger partial charge in [-0.1, -0.05) is 57.1 Å². The molecule has 1 atom stereocenters. The summed E-state index contributed by atoms with van der Waals surface area (Å²) in [5.74, 6) is -0.120. The molecule has 1 unspecified atom stereocenters. The third kappa shape index (κ3) is 13.9. The molecular weight excluding hydrogens is 495 g/mol. The number of allylic oxidation sites excluding steroid dienone is 2. The Labute approximate surface area is 216 Å². The minimum Gasteiger partial charge on any atom is -0.383 e. The second-order valence-electron chi connectivity index (χ2n) is 6.67. The molecule has 2 aromatic rings. The van der Waals surface area contributed by atoms with Gasteiger partial charge in [0, 0.05) is 37.8 Å². The summed E-state index contributed by atoms with van der Waals surface area (Å²) in [6.45, 7) is 6.92. The van der Waals surface area contributed by atoms with Gasteiger partial charge in [0.05, 0.1) is 21.2 Å². The lowest BCUT2D eigenvalue weighted by atomic mass is 10.00. The van der Waals surface area contributed by atoms with Crippen LogP contribution in [-0.2, 0) is 6.42 Å². The van der Waals surface area contributed by atoms with E-state index in [-0.39, 0.29) is 20.8 Å². The monoisotopic (exact) mass is 528 g/mol. The predicted octanol–water partition coefficient (Wildman–Crippen LogP) is 5.84. The normalized spacial score (nSPS) is 11.6. The molecule has 0 amide bonds. The van der Waals surface area contributed by atoms with Crippen LogP contribution < -0.4 is 10.6 Å². The largest absolute Gasteiger partial charge is 0.383 e. The van der Waals surface area contributed by atoms with Crippen LogP contribution in [0.2, 0.25) is 10.3 Å². The quantitative estimate of drug-likeness (QED) is 0.222. The molecule has 10 nitrogen and oxygen atoms in total. The first kappa shape index (κ1) is 33.9. The number of likely N-dealkylation sites (N-methyl/N-ethyl adjacent to an activating group) is 2. The van der Waals surface area contributed by atoms with Gasteiger partial charge in [-0.05, 0) is 37.1 Å². The van der Waals surface area contributed by atoms with Crippen LogP contribution >= 0.6 is 23.2 Å². The Kier molecular flexibility index (Phi) is 17.6. The Balaban J connectivity index is 0. The molecule has 2 rings (SSSR count). The maximum atomic E-state index is 10.5. The fourth-order valence-corrected chi connectivity index (χ4v) is 2.91. The molecular formula is C23H34Cl2N6O4. The summed E-state index contributed by atoms with van der Waals surface area (Å²) >= 11 is 11.3. The first-order valence-electron chi connectivity index (χ1n) is 10.0. The minimum absolute atomic E-state index is 0. The molecule has 2 aromatic heterocycles. The summed E-state index contributed by atoms with van der Waals surface area (Å²) < 4.78 is 0. The molecule has 0 spiro atoms. The van der Waals surface area contributed by atoms with Crippen molar-refractivity contribution in [3.05, 3.63) is 102 Å². The zero-order valence-corrected chi connectivity index (χ0v) is 20.0. The van der Waals surface area contributed by atoms with Crippen molar-refractivity contribution in [1.82, 2.24) is 20.6 Å². The van der Waals surface area contributed by atoms with Crippen molar-refractivity contribution in [3.8, 4) is 0 Å². The average Bonchev–Trinajstić information content (AvgIpc) is 2.75. The van der Waals surface area contributed by atoms with Gasteiger partial charge in [0.25, 0.3) is 12.4 Å². The summed E-state index contributed by atoms with van der Waals surface area (Å²) in [5, 5.41) is 27.6. The van der Waals surface area contributed by atoms with E-state index >= 15 is 0 Å². The van der Waals surface area contributed by atoms with Crippen LogP contribution in [-0.4, -0.2) is 32.9 Å². The van der Waals surface area contributed by atoms with Crippen molar-refractivity contribution < 1.29 is 9.85 Å². The highest BCUT2D eigenvalue weighted by atomic mass is 35.5. The summed E-state index contributed by atoms with van der Waals surface area (Å²) in [4.78, 5) is 27.9. The van der Waals surface area contributed by atoms with E-state index in [4.69, 9.17) is 23.2 Å². The van der Waals surface area contributed by atoms with Gasteiger partial charge in [-0.25, -0.2) is 9.97 Å². The van der Waals surface area contributed by atoms with E-state index in [1.54, 1.807) is 30.6 Å². The van der Waals surface area contributed by atoms with Crippen LogP contribution in [0.25, 0.3) is 0 Å². The summed E-state index contributed by atoms with van der Waals surface area (Å²) in [7, 11) is 0. The summed E-state index contributed by atoms with van der Waals surface area (Å²) in [5.41, 5.74) is 2.86. The van der Waals surface area contributed by atoms with Gasteiger partial charge in [-0.3, -0.25) is 20.2 Å². The third-order valence-electron chi connectivity index (χ3n) is 4.19. The Morgan fingerprint density at radius 2 is 1.49 bits per heavy atom. The first-order valence-corrected chi connectivity index (χ1v) is 10.8. The SMILES string of the molecule is C.C.CCN/C(=C\[N+](=O)[O-])C(C)c1ccc(Cl)nc1.CCN/C(=C\[N+](=O)[O-])Cc1ccc(Cl)nc1. The van der Waals surface area contributed by atoms with E-state index < -0.39 is 9.85 Å². The molecule has 194 valence electrons. The lowest BCUT2D eigenvalue weighted by molar-refractivity contribution is -0.404. The van der Waals surface area contributed by atoms with Gasteiger partial charge >= 0.3 is 0 Å². The number of pyridine rings is 2. The highest BCUT2D eigenvalue weighted by Crippen LogP contribution is 2.22. The zero-order valence-electron chi connectivity index (χ0n) is 18.5. The number of rotatable bonds is 10.